The normalized spacial score (nSPS) is 19.7. The molecule has 0 spiro atoms. The quantitative estimate of drug-likeness (QED) is 0.729. The number of rotatable bonds is 1. The molecule has 0 saturated heterocycles. The lowest BCUT2D eigenvalue weighted by atomic mass is 10.3. The molecule has 1 aliphatic rings. The van der Waals surface area contributed by atoms with Gasteiger partial charge in [-0.3, -0.25) is 9.88 Å². The first-order valence-electron chi connectivity index (χ1n) is 4.55. The predicted molar refractivity (Wildman–Crippen MR) is 53.7 cm³/mol. The number of hydrogen-bond donors (Lipinski definition) is 2. The topological polar surface area (TPSA) is 65.5 Å². The van der Waals surface area contributed by atoms with Gasteiger partial charge in [0.25, 0.3) is 0 Å². The zero-order valence-corrected chi connectivity index (χ0v) is 8.21. The maximum absolute atomic E-state index is 10.9. The van der Waals surface area contributed by atoms with E-state index >= 15 is 0 Å². The zero-order valence-electron chi connectivity index (χ0n) is 8.21. The Balaban J connectivity index is 2.28. The van der Waals surface area contributed by atoms with E-state index < -0.39 is 12.3 Å². The molecule has 0 saturated carbocycles. The molecule has 1 aliphatic heterocycles. The van der Waals surface area contributed by atoms with Crippen LogP contribution in [0.5, 0.6) is 0 Å². The van der Waals surface area contributed by atoms with Gasteiger partial charge in [0, 0.05) is 18.1 Å². The molecule has 0 aliphatic carbocycles. The van der Waals surface area contributed by atoms with Gasteiger partial charge in [0.15, 0.2) is 6.17 Å². The van der Waals surface area contributed by atoms with Crippen LogP contribution in [0.1, 0.15) is 18.8 Å². The maximum Gasteiger partial charge on any atom is 0.413 e. The van der Waals surface area contributed by atoms with Crippen molar-refractivity contribution in [3.8, 4) is 0 Å². The van der Waals surface area contributed by atoms with Crippen LogP contribution in [0.15, 0.2) is 36.3 Å². The van der Waals surface area contributed by atoms with Gasteiger partial charge in [-0.2, -0.15) is 0 Å². The third-order valence-corrected chi connectivity index (χ3v) is 2.16. The molecule has 2 rings (SSSR count). The molecule has 2 heterocycles. The van der Waals surface area contributed by atoms with Gasteiger partial charge in [-0.05, 0) is 19.1 Å². The van der Waals surface area contributed by atoms with E-state index in [1.807, 2.05) is 13.0 Å². The standard InChI is InChI=1S/C10H11N3O2/c1-7-6-13(10(14)15)9(12-7)8-4-2-3-5-11-8/h2-6,9,12H,1H3,(H,14,15). The highest BCUT2D eigenvalue weighted by Crippen LogP contribution is 2.23. The summed E-state index contributed by atoms with van der Waals surface area (Å²) in [5, 5.41) is 12.0. The molecule has 1 atom stereocenters. The minimum Gasteiger partial charge on any atom is -0.465 e. The minimum absolute atomic E-state index is 0.413. The summed E-state index contributed by atoms with van der Waals surface area (Å²) in [6.45, 7) is 1.82. The number of aromatic nitrogens is 1. The fourth-order valence-corrected chi connectivity index (χ4v) is 1.53. The number of nitrogens with zero attached hydrogens (tertiary/aromatic N) is 2. The van der Waals surface area contributed by atoms with E-state index in [9.17, 15) is 4.79 Å². The third-order valence-electron chi connectivity index (χ3n) is 2.16. The Hall–Kier alpha value is -2.04. The number of carboxylic acid groups (broad SMARTS) is 1. The van der Waals surface area contributed by atoms with E-state index in [0.717, 1.165) is 5.70 Å². The van der Waals surface area contributed by atoms with Crippen LogP contribution < -0.4 is 5.32 Å². The van der Waals surface area contributed by atoms with Gasteiger partial charge in [-0.25, -0.2) is 4.79 Å². The summed E-state index contributed by atoms with van der Waals surface area (Å²) in [6, 6.07) is 5.42. The van der Waals surface area contributed by atoms with Gasteiger partial charge in [-0.15, -0.1) is 0 Å². The van der Waals surface area contributed by atoms with E-state index in [4.69, 9.17) is 5.11 Å². The van der Waals surface area contributed by atoms with Crippen LogP contribution in [0.25, 0.3) is 0 Å². The summed E-state index contributed by atoms with van der Waals surface area (Å²) in [7, 11) is 0. The highest BCUT2D eigenvalue weighted by molar-refractivity contribution is 5.67. The number of pyridine rings is 1. The molecule has 1 amide bonds. The van der Waals surface area contributed by atoms with Crippen LogP contribution in [0, 0.1) is 0 Å². The average Bonchev–Trinajstić information content (AvgIpc) is 2.62. The Bertz CT molecular complexity index is 402. The summed E-state index contributed by atoms with van der Waals surface area (Å²) in [6.07, 6.45) is 1.80. The second kappa shape index (κ2) is 3.61. The van der Waals surface area contributed by atoms with Gasteiger partial charge in [0.2, 0.25) is 0 Å². The van der Waals surface area contributed by atoms with Gasteiger partial charge < -0.3 is 10.4 Å². The summed E-state index contributed by atoms with van der Waals surface area (Å²) in [4.78, 5) is 16.3. The molecule has 1 unspecified atom stereocenters. The Labute approximate surface area is 87.0 Å². The highest BCUT2D eigenvalue weighted by Gasteiger charge is 2.28. The van der Waals surface area contributed by atoms with E-state index in [1.165, 1.54) is 4.90 Å². The van der Waals surface area contributed by atoms with Gasteiger partial charge >= 0.3 is 6.09 Å². The molecular formula is C10H11N3O2. The van der Waals surface area contributed by atoms with Crippen LogP contribution in [0.2, 0.25) is 0 Å². The first kappa shape index (κ1) is 9.51. The van der Waals surface area contributed by atoms with Crippen molar-refractivity contribution in [2.24, 2.45) is 0 Å². The van der Waals surface area contributed by atoms with Crippen molar-refractivity contribution >= 4 is 6.09 Å². The van der Waals surface area contributed by atoms with E-state index in [1.54, 1.807) is 24.5 Å². The van der Waals surface area contributed by atoms with Crippen LogP contribution >= 0.6 is 0 Å². The van der Waals surface area contributed by atoms with E-state index in [2.05, 4.69) is 10.3 Å². The summed E-state index contributed by atoms with van der Waals surface area (Å²) in [5.74, 6) is 0. The number of hydrogen-bond acceptors (Lipinski definition) is 3. The Morgan fingerprint density at radius 3 is 3.00 bits per heavy atom. The molecule has 15 heavy (non-hydrogen) atoms. The van der Waals surface area contributed by atoms with Crippen molar-refractivity contribution in [2.45, 2.75) is 13.1 Å². The molecule has 1 aromatic rings. The van der Waals surface area contributed by atoms with Crippen molar-refractivity contribution in [3.05, 3.63) is 42.0 Å². The first-order chi connectivity index (χ1) is 7.18. The summed E-state index contributed by atoms with van der Waals surface area (Å²) < 4.78 is 0. The van der Waals surface area contributed by atoms with Crippen LogP contribution in [0.4, 0.5) is 4.79 Å². The fraction of sp³-hybridized carbons (Fsp3) is 0.200. The second-order valence-corrected chi connectivity index (χ2v) is 3.30. The molecule has 5 heteroatoms. The van der Waals surface area contributed by atoms with Crippen molar-refractivity contribution in [2.75, 3.05) is 0 Å². The Kier molecular flexibility index (Phi) is 2.29. The summed E-state index contributed by atoms with van der Waals surface area (Å²) >= 11 is 0. The van der Waals surface area contributed by atoms with Crippen LogP contribution in [-0.2, 0) is 0 Å². The number of carbonyl (C=O) groups is 1. The largest absolute Gasteiger partial charge is 0.465 e. The second-order valence-electron chi connectivity index (χ2n) is 3.30. The SMILES string of the molecule is CC1=CN(C(=O)O)C(c2ccccn2)N1. The smallest absolute Gasteiger partial charge is 0.413 e. The van der Waals surface area contributed by atoms with E-state index in [-0.39, 0.29) is 0 Å². The van der Waals surface area contributed by atoms with Crippen molar-refractivity contribution in [1.29, 1.82) is 0 Å². The molecule has 1 aromatic heterocycles. The average molecular weight is 205 g/mol. The predicted octanol–water partition coefficient (Wildman–Crippen LogP) is 1.52. The van der Waals surface area contributed by atoms with Crippen LogP contribution in [0.3, 0.4) is 0 Å². The van der Waals surface area contributed by atoms with E-state index in [0.29, 0.717) is 5.69 Å². The lowest BCUT2D eigenvalue weighted by Gasteiger charge is -2.20. The molecule has 0 fully saturated rings. The lowest BCUT2D eigenvalue weighted by Crippen LogP contribution is -2.31. The number of nitrogens with one attached hydrogen (secondary N) is 1. The highest BCUT2D eigenvalue weighted by atomic mass is 16.4. The monoisotopic (exact) mass is 205 g/mol. The van der Waals surface area contributed by atoms with Crippen molar-refractivity contribution in [1.82, 2.24) is 15.2 Å². The van der Waals surface area contributed by atoms with Gasteiger partial charge in [0.05, 0.1) is 5.69 Å². The van der Waals surface area contributed by atoms with Crippen molar-refractivity contribution < 1.29 is 9.90 Å². The molecule has 2 N–H and O–H groups in total. The molecule has 0 bridgehead atoms. The Morgan fingerprint density at radius 2 is 2.40 bits per heavy atom. The maximum atomic E-state index is 10.9. The Morgan fingerprint density at radius 1 is 1.60 bits per heavy atom. The van der Waals surface area contributed by atoms with Gasteiger partial charge in [0.1, 0.15) is 0 Å². The summed E-state index contributed by atoms with van der Waals surface area (Å²) in [5.41, 5.74) is 1.50. The molecule has 0 radical (unpaired) electrons. The van der Waals surface area contributed by atoms with Crippen LogP contribution in [-0.4, -0.2) is 21.1 Å². The lowest BCUT2D eigenvalue weighted by molar-refractivity contribution is 0.148. The minimum atomic E-state index is -0.991. The zero-order chi connectivity index (χ0) is 10.8. The number of amides is 1. The van der Waals surface area contributed by atoms with Crippen molar-refractivity contribution in [3.63, 3.8) is 0 Å². The molecule has 0 aromatic carbocycles. The third kappa shape index (κ3) is 1.76. The molecule has 78 valence electrons. The fourth-order valence-electron chi connectivity index (χ4n) is 1.53. The number of allylic oxidation sites excluding steroid dienone is 1. The molecule has 5 nitrogen and oxygen atoms in total. The van der Waals surface area contributed by atoms with Gasteiger partial charge in [-0.1, -0.05) is 6.07 Å². The first-order valence-corrected chi connectivity index (χ1v) is 4.55. The molecular weight excluding hydrogens is 194 g/mol.